The van der Waals surface area contributed by atoms with E-state index in [4.69, 9.17) is 9.05 Å². The maximum atomic E-state index is 13.3. The van der Waals surface area contributed by atoms with Crippen LogP contribution in [0.25, 0.3) is 0 Å². The Bertz CT molecular complexity index is 744. The van der Waals surface area contributed by atoms with Crippen LogP contribution in [0.2, 0.25) is 0 Å². The van der Waals surface area contributed by atoms with Gasteiger partial charge in [-0.3, -0.25) is 14.7 Å². The summed E-state index contributed by atoms with van der Waals surface area (Å²) in [5, 5.41) is 14.3. The normalized spacial score (nSPS) is 12.6. The molecule has 134 valence electrons. The fraction of sp³-hybridized carbons (Fsp3) is 0.294. The third-order valence-electron chi connectivity index (χ3n) is 3.44. The van der Waals surface area contributed by atoms with Gasteiger partial charge in [0.1, 0.15) is 5.69 Å². The third kappa shape index (κ3) is 4.66. The quantitative estimate of drug-likeness (QED) is 0.384. The Morgan fingerprint density at radius 3 is 2.16 bits per heavy atom. The fourth-order valence-corrected chi connectivity index (χ4v) is 4.36. The van der Waals surface area contributed by atoms with E-state index < -0.39 is 18.3 Å². The van der Waals surface area contributed by atoms with Crippen LogP contribution < -0.4 is 5.32 Å². The summed E-state index contributed by atoms with van der Waals surface area (Å²) in [5.74, 6) is -0.866. The van der Waals surface area contributed by atoms with Crippen molar-refractivity contribution in [2.45, 2.75) is 19.6 Å². The first kappa shape index (κ1) is 19.1. The van der Waals surface area contributed by atoms with E-state index in [2.05, 4.69) is 5.32 Å². The fourth-order valence-electron chi connectivity index (χ4n) is 2.43. The van der Waals surface area contributed by atoms with Crippen LogP contribution in [-0.4, -0.2) is 18.1 Å². The van der Waals surface area contributed by atoms with E-state index in [0.717, 1.165) is 0 Å². The second-order valence-corrected chi connectivity index (χ2v) is 7.22. The van der Waals surface area contributed by atoms with Gasteiger partial charge in [-0.05, 0) is 25.5 Å². The molecule has 7 nitrogen and oxygen atoms in total. The number of rotatable bonds is 9. The number of nitrogens with one attached hydrogen (secondary N) is 1. The predicted molar refractivity (Wildman–Crippen MR) is 96.8 cm³/mol. The summed E-state index contributed by atoms with van der Waals surface area (Å²) in [4.78, 5) is 10.8. The monoisotopic (exact) mass is 364 g/mol. The predicted octanol–water partition coefficient (Wildman–Crippen LogP) is 4.97. The number of benzene rings is 2. The lowest BCUT2D eigenvalue weighted by atomic mass is 10.2. The molecule has 0 aliphatic heterocycles. The molecule has 0 spiro atoms. The molecule has 0 saturated heterocycles. The zero-order valence-corrected chi connectivity index (χ0v) is 15.0. The van der Waals surface area contributed by atoms with Gasteiger partial charge in [-0.2, -0.15) is 0 Å². The number of nitrogens with zero attached hydrogens (tertiary/aromatic N) is 1. The van der Waals surface area contributed by atoms with Gasteiger partial charge in [0.2, 0.25) is 0 Å². The summed E-state index contributed by atoms with van der Waals surface area (Å²) in [5.41, 5.74) is 0.801. The van der Waals surface area contributed by atoms with Gasteiger partial charge < -0.3 is 14.4 Å². The van der Waals surface area contributed by atoms with Crippen LogP contribution in [0.15, 0.2) is 54.6 Å². The van der Waals surface area contributed by atoms with Gasteiger partial charge in [-0.25, -0.2) is 0 Å². The van der Waals surface area contributed by atoms with E-state index in [1.807, 2.05) is 6.07 Å². The first-order valence-corrected chi connectivity index (χ1v) is 9.56. The van der Waals surface area contributed by atoms with E-state index >= 15 is 0 Å². The van der Waals surface area contributed by atoms with Crippen LogP contribution >= 0.6 is 7.60 Å². The molecule has 0 amide bonds. The van der Waals surface area contributed by atoms with Crippen molar-refractivity contribution < 1.29 is 18.5 Å². The van der Waals surface area contributed by atoms with E-state index in [9.17, 15) is 14.7 Å². The largest absolute Gasteiger partial charge is 0.362 e. The third-order valence-corrected chi connectivity index (χ3v) is 5.74. The molecule has 0 heterocycles. The molecule has 25 heavy (non-hydrogen) atoms. The van der Waals surface area contributed by atoms with Crippen molar-refractivity contribution in [3.05, 3.63) is 70.3 Å². The number of nitro benzene ring substituents is 1. The van der Waals surface area contributed by atoms with Crippen molar-refractivity contribution in [2.75, 3.05) is 18.5 Å². The molecular weight excluding hydrogens is 343 g/mol. The smallest absolute Gasteiger partial charge is 0.357 e. The van der Waals surface area contributed by atoms with E-state index in [0.29, 0.717) is 5.56 Å². The molecule has 2 aromatic carbocycles. The van der Waals surface area contributed by atoms with Crippen LogP contribution in [-0.2, 0) is 13.6 Å². The van der Waals surface area contributed by atoms with Crippen molar-refractivity contribution in [3.63, 3.8) is 0 Å². The van der Waals surface area contributed by atoms with Crippen LogP contribution in [0.1, 0.15) is 25.2 Å². The number of hydrogen-bond acceptors (Lipinski definition) is 6. The lowest BCUT2D eigenvalue weighted by Crippen LogP contribution is -2.16. The Morgan fingerprint density at radius 2 is 1.60 bits per heavy atom. The molecule has 2 rings (SSSR count). The molecule has 2 aromatic rings. The summed E-state index contributed by atoms with van der Waals surface area (Å²) in [6, 6.07) is 15.2. The second-order valence-electron chi connectivity index (χ2n) is 5.11. The molecular formula is C17H21N2O5P. The molecule has 1 unspecified atom stereocenters. The highest BCUT2D eigenvalue weighted by atomic mass is 31.2. The molecule has 0 aliphatic carbocycles. The summed E-state index contributed by atoms with van der Waals surface area (Å²) >= 11 is 0. The lowest BCUT2D eigenvalue weighted by Gasteiger charge is -2.28. The minimum atomic E-state index is -3.60. The molecule has 0 aromatic heterocycles. The molecule has 8 heteroatoms. The van der Waals surface area contributed by atoms with Crippen molar-refractivity contribution >= 4 is 19.0 Å². The average Bonchev–Trinajstić information content (AvgIpc) is 2.61. The summed E-state index contributed by atoms with van der Waals surface area (Å²) in [6.07, 6.45) is 0. The number of nitro groups is 1. The number of hydrogen-bond donors (Lipinski definition) is 1. The van der Waals surface area contributed by atoms with Crippen LogP contribution in [0.4, 0.5) is 11.4 Å². The molecule has 0 bridgehead atoms. The Hall–Kier alpha value is -2.21. The number of para-hydroxylation sites is 2. The first-order chi connectivity index (χ1) is 12.0. The summed E-state index contributed by atoms with van der Waals surface area (Å²) < 4.78 is 24.2. The lowest BCUT2D eigenvalue weighted by molar-refractivity contribution is -0.384. The second kappa shape index (κ2) is 8.76. The van der Waals surface area contributed by atoms with Crippen molar-refractivity contribution in [1.29, 1.82) is 0 Å². The Balaban J connectivity index is 2.50. The summed E-state index contributed by atoms with van der Waals surface area (Å²) in [7, 11) is -3.60. The van der Waals surface area contributed by atoms with Gasteiger partial charge >= 0.3 is 7.60 Å². The van der Waals surface area contributed by atoms with E-state index in [1.165, 1.54) is 6.07 Å². The van der Waals surface area contributed by atoms with Gasteiger partial charge in [-0.15, -0.1) is 0 Å². The SMILES string of the molecule is CCOP(=O)(OCC)C(Nc1ccccc1[N+](=O)[O-])c1ccccc1. The highest BCUT2D eigenvalue weighted by Crippen LogP contribution is 2.61. The molecule has 0 saturated carbocycles. The molecule has 1 atom stereocenters. The maximum Gasteiger partial charge on any atom is 0.357 e. The minimum Gasteiger partial charge on any atom is -0.362 e. The zero-order chi connectivity index (χ0) is 18.3. The standard InChI is InChI=1S/C17H21N2O5P/c1-3-23-25(22,24-4-2)17(14-10-6-5-7-11-14)18-15-12-8-9-13-16(15)19(20)21/h5-13,17-18H,3-4H2,1-2H3. The first-order valence-electron chi connectivity index (χ1n) is 7.95. The van der Waals surface area contributed by atoms with Crippen molar-refractivity contribution in [2.24, 2.45) is 0 Å². The Morgan fingerprint density at radius 1 is 1.04 bits per heavy atom. The maximum absolute atomic E-state index is 13.3. The highest BCUT2D eigenvalue weighted by Gasteiger charge is 2.38. The molecule has 0 fully saturated rings. The van der Waals surface area contributed by atoms with Gasteiger partial charge in [0.15, 0.2) is 5.78 Å². The minimum absolute atomic E-state index is 0.108. The summed E-state index contributed by atoms with van der Waals surface area (Å²) in [6.45, 7) is 3.83. The Kier molecular flexibility index (Phi) is 6.70. The van der Waals surface area contributed by atoms with Crippen molar-refractivity contribution in [3.8, 4) is 0 Å². The Labute approximate surface area is 146 Å². The molecule has 0 aliphatic rings. The zero-order valence-electron chi connectivity index (χ0n) is 14.1. The van der Waals surface area contributed by atoms with E-state index in [-0.39, 0.29) is 24.6 Å². The van der Waals surface area contributed by atoms with Gasteiger partial charge in [-0.1, -0.05) is 42.5 Å². The highest BCUT2D eigenvalue weighted by molar-refractivity contribution is 7.54. The molecule has 0 radical (unpaired) electrons. The van der Waals surface area contributed by atoms with Gasteiger partial charge in [0.25, 0.3) is 5.69 Å². The van der Waals surface area contributed by atoms with Gasteiger partial charge in [0.05, 0.1) is 18.1 Å². The van der Waals surface area contributed by atoms with Crippen LogP contribution in [0.5, 0.6) is 0 Å². The van der Waals surface area contributed by atoms with Crippen molar-refractivity contribution in [1.82, 2.24) is 0 Å². The number of anilines is 1. The average molecular weight is 364 g/mol. The topological polar surface area (TPSA) is 90.7 Å². The molecule has 1 N–H and O–H groups in total. The van der Waals surface area contributed by atoms with Crippen LogP contribution in [0.3, 0.4) is 0 Å². The van der Waals surface area contributed by atoms with Crippen LogP contribution in [0, 0.1) is 10.1 Å². The van der Waals surface area contributed by atoms with E-state index in [1.54, 1.807) is 56.3 Å². The van der Waals surface area contributed by atoms with Gasteiger partial charge in [0, 0.05) is 6.07 Å².